The number of aliphatic carboxylic acids is 1. The predicted octanol–water partition coefficient (Wildman–Crippen LogP) is 4.12. The summed E-state index contributed by atoms with van der Waals surface area (Å²) in [7, 11) is 0. The predicted molar refractivity (Wildman–Crippen MR) is 87.4 cm³/mol. The zero-order chi connectivity index (χ0) is 15.5. The van der Waals surface area contributed by atoms with Gasteiger partial charge in [0.2, 0.25) is 0 Å². The normalized spacial score (nSPS) is 17.2. The maximum atomic E-state index is 12.5. The molecule has 1 fully saturated rings. The third-order valence-electron chi connectivity index (χ3n) is 3.85. The van der Waals surface area contributed by atoms with E-state index in [0.29, 0.717) is 10.0 Å². The van der Waals surface area contributed by atoms with Crippen LogP contribution in [0.15, 0.2) is 27.1 Å². The van der Waals surface area contributed by atoms with Gasteiger partial charge in [-0.1, -0.05) is 35.2 Å². The Kier molecular flexibility index (Phi) is 5.43. The van der Waals surface area contributed by atoms with Crippen LogP contribution >= 0.6 is 31.9 Å². The fourth-order valence-electron chi connectivity index (χ4n) is 2.85. The number of carbonyl (C=O) groups is 2. The van der Waals surface area contributed by atoms with Crippen molar-refractivity contribution in [3.05, 3.63) is 32.7 Å². The van der Waals surface area contributed by atoms with Crippen LogP contribution in [0.4, 0.5) is 0 Å². The summed E-state index contributed by atoms with van der Waals surface area (Å²) >= 11 is 6.72. The van der Waals surface area contributed by atoms with E-state index in [1.165, 1.54) is 0 Å². The van der Waals surface area contributed by atoms with Gasteiger partial charge in [-0.3, -0.25) is 9.59 Å². The van der Waals surface area contributed by atoms with Gasteiger partial charge >= 0.3 is 5.97 Å². The summed E-state index contributed by atoms with van der Waals surface area (Å²) in [5.74, 6) is -1.09. The van der Waals surface area contributed by atoms with Gasteiger partial charge in [-0.15, -0.1) is 0 Å². The third-order valence-corrected chi connectivity index (χ3v) is 5.00. The summed E-state index contributed by atoms with van der Waals surface area (Å²) in [5.41, 5.74) is -0.0956. The molecular formula is C15H17Br2NO3. The molecule has 0 atom stereocenters. The Hall–Kier alpha value is -0.880. The number of nitrogens with one attached hydrogen (secondary N) is 1. The van der Waals surface area contributed by atoms with Gasteiger partial charge in [0, 0.05) is 8.95 Å². The van der Waals surface area contributed by atoms with E-state index in [9.17, 15) is 9.59 Å². The average Bonchev–Trinajstić information content (AvgIpc) is 2.38. The van der Waals surface area contributed by atoms with Crippen molar-refractivity contribution in [1.29, 1.82) is 0 Å². The number of hydrogen-bond donors (Lipinski definition) is 2. The van der Waals surface area contributed by atoms with Gasteiger partial charge in [-0.05, 0) is 47.0 Å². The molecule has 1 amide bonds. The molecule has 0 aliphatic heterocycles. The molecule has 0 radical (unpaired) electrons. The van der Waals surface area contributed by atoms with Crippen LogP contribution in [0.3, 0.4) is 0 Å². The first-order valence-electron chi connectivity index (χ1n) is 6.91. The van der Waals surface area contributed by atoms with Crippen LogP contribution in [0.1, 0.15) is 48.9 Å². The molecule has 2 rings (SSSR count). The van der Waals surface area contributed by atoms with E-state index in [1.807, 2.05) is 0 Å². The molecule has 6 heteroatoms. The quantitative estimate of drug-likeness (QED) is 0.772. The van der Waals surface area contributed by atoms with Gasteiger partial charge in [0.1, 0.15) is 0 Å². The van der Waals surface area contributed by atoms with Crippen LogP contribution < -0.4 is 5.32 Å². The van der Waals surface area contributed by atoms with Crippen molar-refractivity contribution in [2.24, 2.45) is 0 Å². The highest BCUT2D eigenvalue weighted by molar-refractivity contribution is 9.11. The lowest BCUT2D eigenvalue weighted by molar-refractivity contribution is -0.139. The number of carboxylic acid groups (broad SMARTS) is 1. The van der Waals surface area contributed by atoms with Gasteiger partial charge < -0.3 is 10.4 Å². The monoisotopic (exact) mass is 417 g/mol. The summed E-state index contributed by atoms with van der Waals surface area (Å²) in [4.78, 5) is 23.6. The van der Waals surface area contributed by atoms with Crippen LogP contribution in [0.25, 0.3) is 0 Å². The molecule has 1 aliphatic carbocycles. The Morgan fingerprint density at radius 2 is 1.86 bits per heavy atom. The lowest BCUT2D eigenvalue weighted by Gasteiger charge is -2.37. The SMILES string of the molecule is O=C(O)CC1(NC(=O)c2ccc(Br)cc2Br)CCCCC1. The molecule has 1 aliphatic rings. The fourth-order valence-corrected chi connectivity index (χ4v) is 4.07. The molecule has 0 saturated heterocycles. The maximum absolute atomic E-state index is 12.5. The summed E-state index contributed by atoms with van der Waals surface area (Å²) in [6.45, 7) is 0. The zero-order valence-corrected chi connectivity index (χ0v) is 14.7. The molecule has 4 nitrogen and oxygen atoms in total. The minimum atomic E-state index is -0.868. The van der Waals surface area contributed by atoms with Gasteiger partial charge in [-0.25, -0.2) is 0 Å². The van der Waals surface area contributed by atoms with Gasteiger partial charge in [0.15, 0.2) is 0 Å². The van der Waals surface area contributed by atoms with Gasteiger partial charge in [0.25, 0.3) is 5.91 Å². The third kappa shape index (κ3) is 4.30. The standard InChI is InChI=1S/C15H17Br2NO3/c16-10-4-5-11(12(17)8-10)14(21)18-15(9-13(19)20)6-2-1-3-7-15/h4-5,8H,1-3,6-7,9H2,(H,18,21)(H,19,20). The first-order chi connectivity index (χ1) is 9.92. The van der Waals surface area contributed by atoms with E-state index in [4.69, 9.17) is 5.11 Å². The number of rotatable bonds is 4. The molecule has 1 aromatic rings. The number of amides is 1. The Morgan fingerprint density at radius 1 is 1.19 bits per heavy atom. The van der Waals surface area contributed by atoms with Crippen LogP contribution in [0.5, 0.6) is 0 Å². The van der Waals surface area contributed by atoms with Gasteiger partial charge in [-0.2, -0.15) is 0 Å². The second-order valence-corrected chi connectivity index (χ2v) is 7.26. The Labute approximate surface area is 140 Å². The second-order valence-electron chi connectivity index (χ2n) is 5.49. The van der Waals surface area contributed by atoms with E-state index < -0.39 is 11.5 Å². The number of halogens is 2. The van der Waals surface area contributed by atoms with E-state index in [2.05, 4.69) is 37.2 Å². The second kappa shape index (κ2) is 6.92. The lowest BCUT2D eigenvalue weighted by atomic mass is 9.79. The van der Waals surface area contributed by atoms with Gasteiger partial charge in [0.05, 0.1) is 17.5 Å². The maximum Gasteiger partial charge on any atom is 0.305 e. The van der Waals surface area contributed by atoms with Crippen LogP contribution in [0.2, 0.25) is 0 Å². The van der Waals surface area contributed by atoms with E-state index in [-0.39, 0.29) is 12.3 Å². The van der Waals surface area contributed by atoms with Crippen LogP contribution in [-0.2, 0) is 4.79 Å². The Bertz CT molecular complexity index is 554. The molecule has 1 saturated carbocycles. The molecule has 0 spiro atoms. The number of carboxylic acids is 1. The molecule has 0 bridgehead atoms. The van der Waals surface area contributed by atoms with Crippen molar-refractivity contribution < 1.29 is 14.7 Å². The minimum absolute atomic E-state index is 0.0209. The van der Waals surface area contributed by atoms with Crippen molar-refractivity contribution in [3.8, 4) is 0 Å². The molecule has 2 N–H and O–H groups in total. The first kappa shape index (κ1) is 16.5. The Balaban J connectivity index is 2.19. The highest BCUT2D eigenvalue weighted by Gasteiger charge is 2.36. The topological polar surface area (TPSA) is 66.4 Å². The van der Waals surface area contributed by atoms with Crippen molar-refractivity contribution in [3.63, 3.8) is 0 Å². The van der Waals surface area contributed by atoms with Crippen molar-refractivity contribution >= 4 is 43.7 Å². The zero-order valence-electron chi connectivity index (χ0n) is 11.5. The summed E-state index contributed by atoms with van der Waals surface area (Å²) in [6, 6.07) is 5.32. The molecule has 0 heterocycles. The molecule has 1 aromatic carbocycles. The highest BCUT2D eigenvalue weighted by atomic mass is 79.9. The number of carbonyl (C=O) groups excluding carboxylic acids is 1. The van der Waals surface area contributed by atoms with Crippen LogP contribution in [-0.4, -0.2) is 22.5 Å². The van der Waals surface area contributed by atoms with E-state index in [0.717, 1.165) is 36.6 Å². The fraction of sp³-hybridized carbons (Fsp3) is 0.467. The lowest BCUT2D eigenvalue weighted by Crippen LogP contribution is -2.51. The molecule has 114 valence electrons. The molecular weight excluding hydrogens is 402 g/mol. The van der Waals surface area contributed by atoms with E-state index >= 15 is 0 Å². The van der Waals surface area contributed by atoms with Crippen LogP contribution in [0, 0.1) is 0 Å². The average molecular weight is 419 g/mol. The smallest absolute Gasteiger partial charge is 0.305 e. The van der Waals surface area contributed by atoms with E-state index in [1.54, 1.807) is 18.2 Å². The minimum Gasteiger partial charge on any atom is -0.481 e. The van der Waals surface area contributed by atoms with Crippen molar-refractivity contribution in [1.82, 2.24) is 5.32 Å². The first-order valence-corrected chi connectivity index (χ1v) is 8.50. The molecule has 0 unspecified atom stereocenters. The number of hydrogen-bond acceptors (Lipinski definition) is 2. The number of benzene rings is 1. The Morgan fingerprint density at radius 3 is 2.43 bits per heavy atom. The highest BCUT2D eigenvalue weighted by Crippen LogP contribution is 2.32. The summed E-state index contributed by atoms with van der Waals surface area (Å²) < 4.78 is 1.57. The van der Waals surface area contributed by atoms with Crippen molar-refractivity contribution in [2.45, 2.75) is 44.1 Å². The molecule has 21 heavy (non-hydrogen) atoms. The molecule has 0 aromatic heterocycles. The van der Waals surface area contributed by atoms with Crippen molar-refractivity contribution in [2.75, 3.05) is 0 Å². The largest absolute Gasteiger partial charge is 0.481 e. The summed E-state index contributed by atoms with van der Waals surface area (Å²) in [5, 5.41) is 12.1. The summed E-state index contributed by atoms with van der Waals surface area (Å²) in [6.07, 6.45) is 4.43.